The molecule has 0 atom stereocenters. The number of alkyl halides is 1. The fourth-order valence-electron chi connectivity index (χ4n) is 2.16. The maximum absolute atomic E-state index is 14.0. The Morgan fingerprint density at radius 2 is 1.90 bits per heavy atom. The minimum Gasteiger partial charge on any atom is -0.293 e. The summed E-state index contributed by atoms with van der Waals surface area (Å²) in [5.74, 6) is 0.634. The van der Waals surface area contributed by atoms with E-state index in [0.29, 0.717) is 14.9 Å². The van der Waals surface area contributed by atoms with Gasteiger partial charge in [-0.05, 0) is 72.6 Å². The van der Waals surface area contributed by atoms with Crippen LogP contribution in [0.2, 0.25) is 0 Å². The van der Waals surface area contributed by atoms with Crippen LogP contribution in [0.5, 0.6) is 0 Å². The molecule has 0 fully saturated rings. The van der Waals surface area contributed by atoms with Crippen LogP contribution in [0.1, 0.15) is 5.82 Å². The topological polar surface area (TPSA) is 17.8 Å². The van der Waals surface area contributed by atoms with E-state index in [1.54, 1.807) is 6.07 Å². The third kappa shape index (κ3) is 2.75. The molecule has 0 N–H and O–H groups in total. The van der Waals surface area contributed by atoms with E-state index in [9.17, 15) is 4.39 Å². The van der Waals surface area contributed by atoms with Gasteiger partial charge in [-0.2, -0.15) is 0 Å². The predicted molar refractivity (Wildman–Crippen MR) is 98.7 cm³/mol. The van der Waals surface area contributed by atoms with Crippen molar-refractivity contribution in [2.75, 3.05) is 0 Å². The molecule has 0 saturated heterocycles. The van der Waals surface area contributed by atoms with Crippen molar-refractivity contribution in [3.05, 3.63) is 54.5 Å². The van der Waals surface area contributed by atoms with E-state index in [2.05, 4.69) is 36.8 Å². The van der Waals surface area contributed by atoms with E-state index < -0.39 is 0 Å². The molecule has 21 heavy (non-hydrogen) atoms. The largest absolute Gasteiger partial charge is 0.293 e. The average Bonchev–Trinajstić information content (AvgIpc) is 2.77. The Morgan fingerprint density at radius 3 is 2.52 bits per heavy atom. The molecule has 2 nitrogen and oxygen atoms in total. The van der Waals surface area contributed by atoms with Crippen LogP contribution in [-0.2, 0) is 5.88 Å². The van der Waals surface area contributed by atoms with Gasteiger partial charge in [0.25, 0.3) is 0 Å². The molecule has 0 bridgehead atoms. The van der Waals surface area contributed by atoms with Gasteiger partial charge in [-0.15, -0.1) is 11.6 Å². The summed E-state index contributed by atoms with van der Waals surface area (Å²) in [7, 11) is 0. The molecule has 3 aromatic rings. The first kappa shape index (κ1) is 15.7. The van der Waals surface area contributed by atoms with E-state index in [-0.39, 0.29) is 11.7 Å². The van der Waals surface area contributed by atoms with Crippen LogP contribution in [0.25, 0.3) is 16.7 Å². The standard InChI is InChI=1S/C14H7Br2ClFIN2/c15-7-2-1-3-8(16)14(7)21-12-4-9(18)10(19)5-11(12)20-13(21)6-17/h1-5H,6H2. The summed E-state index contributed by atoms with van der Waals surface area (Å²) in [5, 5.41) is 0. The number of imidazole rings is 1. The highest BCUT2D eigenvalue weighted by Gasteiger charge is 2.17. The Hall–Kier alpha value is -0.180. The van der Waals surface area contributed by atoms with Crippen LogP contribution < -0.4 is 0 Å². The predicted octanol–water partition coefficient (Wildman–Crippen LogP) is 6.03. The number of rotatable bonds is 2. The van der Waals surface area contributed by atoms with Crippen molar-refractivity contribution in [2.45, 2.75) is 5.88 Å². The fourth-order valence-corrected chi connectivity index (χ4v) is 4.15. The second-order valence-corrected chi connectivity index (χ2v) is 7.46. The van der Waals surface area contributed by atoms with Crippen molar-refractivity contribution in [3.63, 3.8) is 0 Å². The van der Waals surface area contributed by atoms with Gasteiger partial charge in [0.05, 0.1) is 26.2 Å². The van der Waals surface area contributed by atoms with Gasteiger partial charge in [-0.1, -0.05) is 6.07 Å². The third-order valence-electron chi connectivity index (χ3n) is 3.05. The number of hydrogen-bond acceptors (Lipinski definition) is 1. The van der Waals surface area contributed by atoms with Crippen LogP contribution in [0.4, 0.5) is 4.39 Å². The summed E-state index contributed by atoms with van der Waals surface area (Å²) in [6.07, 6.45) is 0. The van der Waals surface area contributed by atoms with Gasteiger partial charge < -0.3 is 0 Å². The number of fused-ring (bicyclic) bond motifs is 1. The first-order valence-electron chi connectivity index (χ1n) is 5.89. The summed E-state index contributed by atoms with van der Waals surface area (Å²) in [4.78, 5) is 4.51. The van der Waals surface area contributed by atoms with Crippen molar-refractivity contribution in [2.24, 2.45) is 0 Å². The van der Waals surface area contributed by atoms with Gasteiger partial charge in [-0.25, -0.2) is 9.37 Å². The van der Waals surface area contributed by atoms with Crippen molar-refractivity contribution >= 4 is 77.1 Å². The maximum Gasteiger partial charge on any atom is 0.138 e. The van der Waals surface area contributed by atoms with Crippen molar-refractivity contribution in [1.29, 1.82) is 0 Å². The quantitative estimate of drug-likeness (QED) is 0.285. The number of hydrogen-bond donors (Lipinski definition) is 0. The molecule has 0 aliphatic rings. The minimum absolute atomic E-state index is 0.237. The molecule has 7 heteroatoms. The summed E-state index contributed by atoms with van der Waals surface area (Å²) < 4.78 is 18.1. The van der Waals surface area contributed by atoms with Crippen LogP contribution in [0.3, 0.4) is 0 Å². The Balaban J connectivity index is 2.43. The zero-order valence-corrected chi connectivity index (χ0v) is 16.5. The lowest BCUT2D eigenvalue weighted by Gasteiger charge is -2.12. The molecule has 0 unspecified atom stereocenters. The molecule has 3 rings (SSSR count). The molecule has 0 radical (unpaired) electrons. The lowest BCUT2D eigenvalue weighted by atomic mass is 10.2. The zero-order chi connectivity index (χ0) is 15.1. The summed E-state index contributed by atoms with van der Waals surface area (Å²) >= 11 is 15.1. The highest BCUT2D eigenvalue weighted by Crippen LogP contribution is 2.34. The van der Waals surface area contributed by atoms with E-state index in [1.807, 2.05) is 45.4 Å². The molecule has 0 aliphatic heterocycles. The SMILES string of the molecule is Fc1cc2c(cc1I)nc(CCl)n2-c1c(Br)cccc1Br. The smallest absolute Gasteiger partial charge is 0.138 e. The Morgan fingerprint density at radius 1 is 1.24 bits per heavy atom. The summed E-state index contributed by atoms with van der Waals surface area (Å²) in [6, 6.07) is 8.98. The number of nitrogens with zero attached hydrogens (tertiary/aromatic N) is 2. The van der Waals surface area contributed by atoms with Crippen LogP contribution in [0, 0.1) is 9.39 Å². The molecule has 1 heterocycles. The minimum atomic E-state index is -0.270. The molecule has 0 saturated carbocycles. The van der Waals surface area contributed by atoms with E-state index in [1.165, 1.54) is 6.07 Å². The highest BCUT2D eigenvalue weighted by molar-refractivity contribution is 14.1. The van der Waals surface area contributed by atoms with E-state index >= 15 is 0 Å². The molecule has 0 aliphatic carbocycles. The molecular formula is C14H7Br2ClFIN2. The Labute approximate surface area is 156 Å². The Bertz CT molecular complexity index is 830. The molecule has 0 amide bonds. The van der Waals surface area contributed by atoms with Crippen molar-refractivity contribution in [1.82, 2.24) is 9.55 Å². The number of benzene rings is 2. The van der Waals surface area contributed by atoms with Gasteiger partial charge in [-0.3, -0.25) is 4.57 Å². The lowest BCUT2D eigenvalue weighted by molar-refractivity contribution is 0.621. The fraction of sp³-hybridized carbons (Fsp3) is 0.0714. The lowest BCUT2D eigenvalue weighted by Crippen LogP contribution is -2.01. The van der Waals surface area contributed by atoms with Gasteiger partial charge in [0.1, 0.15) is 11.6 Å². The normalized spacial score (nSPS) is 11.3. The van der Waals surface area contributed by atoms with Crippen LogP contribution >= 0.6 is 66.1 Å². The monoisotopic (exact) mass is 542 g/mol. The average molecular weight is 544 g/mol. The van der Waals surface area contributed by atoms with Crippen molar-refractivity contribution < 1.29 is 4.39 Å². The molecule has 0 spiro atoms. The maximum atomic E-state index is 14.0. The van der Waals surface area contributed by atoms with Gasteiger partial charge in [0.15, 0.2) is 0 Å². The Kier molecular flexibility index (Phi) is 4.59. The molecular weight excluding hydrogens is 537 g/mol. The number of para-hydroxylation sites is 1. The molecule has 108 valence electrons. The van der Waals surface area contributed by atoms with Gasteiger partial charge >= 0.3 is 0 Å². The van der Waals surface area contributed by atoms with Crippen molar-refractivity contribution in [3.8, 4) is 5.69 Å². The summed E-state index contributed by atoms with van der Waals surface area (Å²) in [5.41, 5.74) is 2.27. The van der Waals surface area contributed by atoms with E-state index in [4.69, 9.17) is 11.6 Å². The van der Waals surface area contributed by atoms with E-state index in [0.717, 1.165) is 20.1 Å². The van der Waals surface area contributed by atoms with Gasteiger partial charge in [0, 0.05) is 15.0 Å². The first-order chi connectivity index (χ1) is 10.0. The first-order valence-corrected chi connectivity index (χ1v) is 9.09. The zero-order valence-electron chi connectivity index (χ0n) is 10.4. The second-order valence-electron chi connectivity index (χ2n) is 4.32. The van der Waals surface area contributed by atoms with Crippen LogP contribution in [0.15, 0.2) is 39.3 Å². The van der Waals surface area contributed by atoms with Gasteiger partial charge in [0.2, 0.25) is 0 Å². The van der Waals surface area contributed by atoms with Crippen LogP contribution in [-0.4, -0.2) is 9.55 Å². The second kappa shape index (κ2) is 6.14. The number of aromatic nitrogens is 2. The molecule has 1 aromatic heterocycles. The summed E-state index contributed by atoms with van der Waals surface area (Å²) in [6.45, 7) is 0. The highest BCUT2D eigenvalue weighted by atomic mass is 127. The third-order valence-corrected chi connectivity index (χ3v) is 5.39. The number of halogens is 5. The molecule has 2 aromatic carbocycles.